The van der Waals surface area contributed by atoms with Crippen LogP contribution in [0.25, 0.3) is 0 Å². The molecule has 0 aromatic heterocycles. The first kappa shape index (κ1) is 11.0. The summed E-state index contributed by atoms with van der Waals surface area (Å²) in [4.78, 5) is 4.44. The normalized spacial score (nSPS) is 18.2. The number of hydrogen-bond donors (Lipinski definition) is 2. The Morgan fingerprint density at radius 2 is 2.12 bits per heavy atom. The van der Waals surface area contributed by atoms with E-state index in [-0.39, 0.29) is 0 Å². The number of anilines is 1. The highest BCUT2D eigenvalue weighted by Crippen LogP contribution is 2.34. The topological polar surface area (TPSA) is 50.4 Å². The number of nitrogens with zero attached hydrogens (tertiary/aromatic N) is 1. The second-order valence-electron chi connectivity index (χ2n) is 4.53. The Kier molecular flexibility index (Phi) is 3.44. The molecule has 1 aliphatic rings. The maximum Gasteiger partial charge on any atom is 0.193 e. The summed E-state index contributed by atoms with van der Waals surface area (Å²) in [6, 6.07) is 10.2. The van der Waals surface area contributed by atoms with Crippen molar-refractivity contribution in [2.75, 3.05) is 5.32 Å². The molecule has 0 aliphatic heterocycles. The van der Waals surface area contributed by atoms with Crippen LogP contribution in [0.2, 0.25) is 0 Å². The number of guanidine groups is 1. The molecule has 2 rings (SSSR count). The fourth-order valence-corrected chi connectivity index (χ4v) is 1.83. The van der Waals surface area contributed by atoms with Crippen molar-refractivity contribution >= 4 is 11.6 Å². The molecule has 3 nitrogen and oxygen atoms in total. The van der Waals surface area contributed by atoms with Gasteiger partial charge in [-0.05, 0) is 31.4 Å². The number of rotatable bonds is 4. The van der Waals surface area contributed by atoms with E-state index >= 15 is 0 Å². The minimum Gasteiger partial charge on any atom is -0.370 e. The van der Waals surface area contributed by atoms with Gasteiger partial charge in [0.2, 0.25) is 0 Å². The molecule has 0 heterocycles. The van der Waals surface area contributed by atoms with Crippen LogP contribution in [0.15, 0.2) is 35.3 Å². The predicted octanol–water partition coefficient (Wildman–Crippen LogP) is 2.60. The lowest BCUT2D eigenvalue weighted by Gasteiger charge is -2.09. The fraction of sp³-hybridized carbons (Fsp3) is 0.462. The van der Waals surface area contributed by atoms with Crippen LogP contribution in [0.1, 0.15) is 26.2 Å². The van der Waals surface area contributed by atoms with Crippen LogP contribution in [0, 0.1) is 5.92 Å². The van der Waals surface area contributed by atoms with Gasteiger partial charge in [0.1, 0.15) is 0 Å². The minimum absolute atomic E-state index is 0.323. The molecule has 0 radical (unpaired) electrons. The average Bonchev–Trinajstić information content (AvgIpc) is 3.02. The SMILES string of the molecule is CC(CC1CC1)N=C(N)Nc1ccccc1. The van der Waals surface area contributed by atoms with Gasteiger partial charge in [-0.25, -0.2) is 0 Å². The van der Waals surface area contributed by atoms with E-state index in [0.717, 1.165) is 18.0 Å². The first-order valence-corrected chi connectivity index (χ1v) is 5.89. The van der Waals surface area contributed by atoms with E-state index in [0.29, 0.717) is 12.0 Å². The van der Waals surface area contributed by atoms with Crippen LogP contribution in [0.5, 0.6) is 0 Å². The van der Waals surface area contributed by atoms with Crippen molar-refractivity contribution in [3.8, 4) is 0 Å². The number of hydrogen-bond acceptors (Lipinski definition) is 1. The Bertz CT molecular complexity index is 355. The summed E-state index contributed by atoms with van der Waals surface area (Å²) >= 11 is 0. The maximum atomic E-state index is 5.84. The van der Waals surface area contributed by atoms with Gasteiger partial charge in [0.05, 0.1) is 6.04 Å². The van der Waals surface area contributed by atoms with Gasteiger partial charge >= 0.3 is 0 Å². The average molecular weight is 217 g/mol. The molecule has 0 bridgehead atoms. The monoisotopic (exact) mass is 217 g/mol. The summed E-state index contributed by atoms with van der Waals surface area (Å²) in [5.74, 6) is 1.41. The molecular formula is C13H19N3. The Hall–Kier alpha value is -1.51. The van der Waals surface area contributed by atoms with Gasteiger partial charge in [0.25, 0.3) is 0 Å². The molecule has 1 aromatic carbocycles. The summed E-state index contributed by atoms with van der Waals surface area (Å²) < 4.78 is 0. The third-order valence-electron chi connectivity index (χ3n) is 2.78. The van der Waals surface area contributed by atoms with Crippen molar-refractivity contribution in [3.63, 3.8) is 0 Å². The highest BCUT2D eigenvalue weighted by Gasteiger charge is 2.23. The highest BCUT2D eigenvalue weighted by molar-refractivity contribution is 5.92. The minimum atomic E-state index is 0.323. The van der Waals surface area contributed by atoms with Gasteiger partial charge in [-0.3, -0.25) is 4.99 Å². The molecular weight excluding hydrogens is 198 g/mol. The molecule has 1 saturated carbocycles. The summed E-state index contributed by atoms with van der Waals surface area (Å²) in [6.45, 7) is 2.12. The van der Waals surface area contributed by atoms with E-state index in [4.69, 9.17) is 5.73 Å². The molecule has 0 saturated heterocycles. The molecule has 0 amide bonds. The first-order chi connectivity index (χ1) is 7.74. The van der Waals surface area contributed by atoms with Gasteiger partial charge in [0, 0.05) is 5.69 Å². The van der Waals surface area contributed by atoms with Crippen LogP contribution in [-0.4, -0.2) is 12.0 Å². The molecule has 0 spiro atoms. The molecule has 3 heteroatoms. The van der Waals surface area contributed by atoms with E-state index in [1.807, 2.05) is 30.3 Å². The zero-order valence-corrected chi connectivity index (χ0v) is 9.69. The lowest BCUT2D eigenvalue weighted by molar-refractivity contribution is 0.612. The van der Waals surface area contributed by atoms with E-state index in [9.17, 15) is 0 Å². The number of nitrogens with two attached hydrogens (primary N) is 1. The standard InChI is InChI=1S/C13H19N3/c1-10(9-11-7-8-11)15-13(14)16-12-5-3-2-4-6-12/h2-6,10-11H,7-9H2,1H3,(H3,14,15,16). The van der Waals surface area contributed by atoms with Crippen molar-refractivity contribution in [1.82, 2.24) is 0 Å². The number of aliphatic imine (C=N–C) groups is 1. The molecule has 1 aromatic rings. The third-order valence-corrected chi connectivity index (χ3v) is 2.78. The number of para-hydroxylation sites is 1. The lowest BCUT2D eigenvalue weighted by Crippen LogP contribution is -2.24. The van der Waals surface area contributed by atoms with Gasteiger partial charge in [-0.1, -0.05) is 31.0 Å². The predicted molar refractivity (Wildman–Crippen MR) is 68.5 cm³/mol. The molecule has 1 unspecified atom stereocenters. The van der Waals surface area contributed by atoms with E-state index < -0.39 is 0 Å². The molecule has 16 heavy (non-hydrogen) atoms. The van der Waals surface area contributed by atoms with Gasteiger partial charge < -0.3 is 11.1 Å². The van der Waals surface area contributed by atoms with Crippen LogP contribution in [0.4, 0.5) is 5.69 Å². The molecule has 86 valence electrons. The third kappa shape index (κ3) is 3.57. The van der Waals surface area contributed by atoms with Gasteiger partial charge in [0.15, 0.2) is 5.96 Å². The number of benzene rings is 1. The summed E-state index contributed by atoms with van der Waals surface area (Å²) in [6.07, 6.45) is 3.90. The Morgan fingerprint density at radius 1 is 1.44 bits per heavy atom. The zero-order valence-electron chi connectivity index (χ0n) is 9.69. The van der Waals surface area contributed by atoms with Crippen LogP contribution >= 0.6 is 0 Å². The molecule has 1 fully saturated rings. The van der Waals surface area contributed by atoms with E-state index in [1.54, 1.807) is 0 Å². The van der Waals surface area contributed by atoms with Crippen LogP contribution in [-0.2, 0) is 0 Å². The second kappa shape index (κ2) is 5.01. The maximum absolute atomic E-state index is 5.84. The molecule has 1 aliphatic carbocycles. The fourth-order valence-electron chi connectivity index (χ4n) is 1.83. The van der Waals surface area contributed by atoms with Crippen molar-refractivity contribution < 1.29 is 0 Å². The molecule has 3 N–H and O–H groups in total. The number of nitrogens with one attached hydrogen (secondary N) is 1. The Balaban J connectivity index is 1.86. The lowest BCUT2D eigenvalue weighted by atomic mass is 10.2. The van der Waals surface area contributed by atoms with E-state index in [2.05, 4.69) is 17.2 Å². The Labute approximate surface area is 96.8 Å². The first-order valence-electron chi connectivity index (χ1n) is 5.89. The largest absolute Gasteiger partial charge is 0.370 e. The van der Waals surface area contributed by atoms with Crippen molar-refractivity contribution in [2.45, 2.75) is 32.2 Å². The van der Waals surface area contributed by atoms with Gasteiger partial charge in [-0.15, -0.1) is 0 Å². The summed E-state index contributed by atoms with van der Waals surface area (Å²) in [7, 11) is 0. The van der Waals surface area contributed by atoms with Crippen LogP contribution < -0.4 is 11.1 Å². The summed E-state index contributed by atoms with van der Waals surface area (Å²) in [5, 5.41) is 3.09. The molecule has 1 atom stereocenters. The second-order valence-corrected chi connectivity index (χ2v) is 4.53. The zero-order chi connectivity index (χ0) is 11.4. The van der Waals surface area contributed by atoms with Gasteiger partial charge in [-0.2, -0.15) is 0 Å². The summed E-state index contributed by atoms with van der Waals surface area (Å²) in [5.41, 5.74) is 6.83. The van der Waals surface area contributed by atoms with Crippen molar-refractivity contribution in [2.24, 2.45) is 16.6 Å². The smallest absolute Gasteiger partial charge is 0.193 e. The Morgan fingerprint density at radius 3 is 2.75 bits per heavy atom. The quantitative estimate of drug-likeness (QED) is 0.601. The van der Waals surface area contributed by atoms with E-state index in [1.165, 1.54) is 12.8 Å². The van der Waals surface area contributed by atoms with Crippen molar-refractivity contribution in [3.05, 3.63) is 30.3 Å². The van der Waals surface area contributed by atoms with Crippen molar-refractivity contribution in [1.29, 1.82) is 0 Å². The van der Waals surface area contributed by atoms with Crippen LogP contribution in [0.3, 0.4) is 0 Å². The highest BCUT2D eigenvalue weighted by atomic mass is 15.1.